The fourth-order valence-electron chi connectivity index (χ4n) is 2.06. The minimum absolute atomic E-state index is 0.0614. The van der Waals surface area contributed by atoms with Gasteiger partial charge in [-0.25, -0.2) is 9.59 Å². The van der Waals surface area contributed by atoms with Crippen molar-refractivity contribution in [2.75, 3.05) is 26.2 Å². The number of ether oxygens (including phenoxy) is 2. The number of alkyl carbamates (subject to hydrolysis) is 1. The molecule has 1 heterocycles. The van der Waals surface area contributed by atoms with E-state index in [0.717, 1.165) is 5.56 Å². The normalized spacial score (nSPS) is 17.1. The lowest BCUT2D eigenvalue weighted by molar-refractivity contribution is 0.100. The molecule has 0 radical (unpaired) electrons. The highest BCUT2D eigenvalue weighted by atomic mass is 16.6. The van der Waals surface area contributed by atoms with Crippen molar-refractivity contribution < 1.29 is 24.2 Å². The lowest BCUT2D eigenvalue weighted by Gasteiger charge is -2.15. The first kappa shape index (κ1) is 16.1. The summed E-state index contributed by atoms with van der Waals surface area (Å²) in [5.41, 5.74) is 0.900. The van der Waals surface area contributed by atoms with Gasteiger partial charge in [-0.3, -0.25) is 0 Å². The van der Waals surface area contributed by atoms with Crippen molar-refractivity contribution in [3.63, 3.8) is 0 Å². The topological polar surface area (TPSA) is 88.1 Å². The molecular weight excluding hydrogens is 288 g/mol. The van der Waals surface area contributed by atoms with Crippen molar-refractivity contribution in [3.05, 3.63) is 35.9 Å². The molecule has 1 aromatic rings. The Labute approximate surface area is 128 Å². The molecule has 0 bridgehead atoms. The van der Waals surface area contributed by atoms with Gasteiger partial charge in [-0.15, -0.1) is 0 Å². The predicted octanol–water partition coefficient (Wildman–Crippen LogP) is 1.12. The van der Waals surface area contributed by atoms with Crippen LogP contribution in [0.15, 0.2) is 30.3 Å². The summed E-state index contributed by atoms with van der Waals surface area (Å²) in [6.45, 7) is 1.22. The van der Waals surface area contributed by atoms with Crippen molar-refractivity contribution in [1.29, 1.82) is 0 Å². The molecular formula is C15H20N2O5. The first-order valence-electron chi connectivity index (χ1n) is 7.19. The number of β-amino-alcohol motifs (C(OH)–C–C–N with tert-alkyl or cyclic N) is 1. The fraction of sp³-hybridized carbons (Fsp3) is 0.467. The van der Waals surface area contributed by atoms with E-state index in [1.807, 2.05) is 30.3 Å². The van der Waals surface area contributed by atoms with Crippen LogP contribution in [0, 0.1) is 0 Å². The maximum absolute atomic E-state index is 11.6. The van der Waals surface area contributed by atoms with E-state index in [0.29, 0.717) is 19.5 Å². The lowest BCUT2D eigenvalue weighted by Crippen LogP contribution is -2.33. The third kappa shape index (κ3) is 5.25. The molecule has 1 fully saturated rings. The van der Waals surface area contributed by atoms with Crippen LogP contribution in [0.3, 0.4) is 0 Å². The lowest BCUT2D eigenvalue weighted by atomic mass is 10.2. The minimum atomic E-state index is -0.559. The second-order valence-electron chi connectivity index (χ2n) is 4.99. The number of aliphatic hydroxyl groups excluding tert-OH is 1. The van der Waals surface area contributed by atoms with E-state index >= 15 is 0 Å². The molecule has 2 rings (SSSR count). The molecule has 0 saturated carbocycles. The summed E-state index contributed by atoms with van der Waals surface area (Å²) in [5.74, 6) is 0. The minimum Gasteiger partial charge on any atom is -0.448 e. The molecule has 1 aliphatic heterocycles. The van der Waals surface area contributed by atoms with Gasteiger partial charge in [0.15, 0.2) is 0 Å². The van der Waals surface area contributed by atoms with Crippen LogP contribution in [0.2, 0.25) is 0 Å². The summed E-state index contributed by atoms with van der Waals surface area (Å²) < 4.78 is 10.0. The second-order valence-corrected chi connectivity index (χ2v) is 4.99. The van der Waals surface area contributed by atoms with Crippen molar-refractivity contribution in [3.8, 4) is 0 Å². The van der Waals surface area contributed by atoms with Crippen LogP contribution in [0.1, 0.15) is 12.0 Å². The van der Waals surface area contributed by atoms with E-state index in [1.165, 1.54) is 4.90 Å². The van der Waals surface area contributed by atoms with E-state index in [9.17, 15) is 14.7 Å². The number of nitrogens with one attached hydrogen (secondary N) is 1. The van der Waals surface area contributed by atoms with Crippen molar-refractivity contribution in [1.82, 2.24) is 10.2 Å². The van der Waals surface area contributed by atoms with E-state index in [4.69, 9.17) is 9.47 Å². The number of hydrogen-bond donors (Lipinski definition) is 2. The van der Waals surface area contributed by atoms with Crippen LogP contribution in [-0.4, -0.2) is 54.5 Å². The number of rotatable bonds is 5. The number of likely N-dealkylation sites (tertiary alicyclic amines) is 1. The van der Waals surface area contributed by atoms with Gasteiger partial charge in [-0.2, -0.15) is 0 Å². The Morgan fingerprint density at radius 1 is 1.27 bits per heavy atom. The van der Waals surface area contributed by atoms with Gasteiger partial charge in [0, 0.05) is 13.1 Å². The molecule has 1 aliphatic rings. The van der Waals surface area contributed by atoms with E-state index in [1.54, 1.807) is 0 Å². The standard InChI is InChI=1S/C15H20N2O5/c18-13-6-8-17(10-13)15(20)21-9-7-16-14(19)22-11-12-4-2-1-3-5-12/h1-5,13,18H,6-11H2,(H,16,19). The Morgan fingerprint density at radius 3 is 2.73 bits per heavy atom. The summed E-state index contributed by atoms with van der Waals surface area (Å²) in [5, 5.41) is 11.8. The number of benzene rings is 1. The SMILES string of the molecule is O=C(NCCOC(=O)N1CCC(O)C1)OCc1ccccc1. The van der Waals surface area contributed by atoms with Gasteiger partial charge >= 0.3 is 12.2 Å². The van der Waals surface area contributed by atoms with Gasteiger partial charge in [-0.05, 0) is 12.0 Å². The average Bonchev–Trinajstić information content (AvgIpc) is 2.97. The maximum Gasteiger partial charge on any atom is 0.409 e. The maximum atomic E-state index is 11.6. The largest absolute Gasteiger partial charge is 0.448 e. The van der Waals surface area contributed by atoms with Gasteiger partial charge in [0.1, 0.15) is 13.2 Å². The Bertz CT molecular complexity index is 494. The first-order valence-corrected chi connectivity index (χ1v) is 7.19. The van der Waals surface area contributed by atoms with E-state index in [2.05, 4.69) is 5.32 Å². The van der Waals surface area contributed by atoms with Crippen LogP contribution in [0.4, 0.5) is 9.59 Å². The quantitative estimate of drug-likeness (QED) is 0.796. The average molecular weight is 308 g/mol. The number of hydrogen-bond acceptors (Lipinski definition) is 5. The van der Waals surface area contributed by atoms with Crippen LogP contribution < -0.4 is 5.32 Å². The number of carbonyl (C=O) groups excluding carboxylic acids is 2. The van der Waals surface area contributed by atoms with Gasteiger partial charge in [-0.1, -0.05) is 30.3 Å². The summed E-state index contributed by atoms with van der Waals surface area (Å²) in [6, 6.07) is 9.34. The molecule has 2 amide bonds. The van der Waals surface area contributed by atoms with Gasteiger partial charge < -0.3 is 24.8 Å². The number of nitrogens with zero attached hydrogens (tertiary/aromatic N) is 1. The molecule has 1 aromatic carbocycles. The Hall–Kier alpha value is -2.28. The van der Waals surface area contributed by atoms with Crippen LogP contribution in [-0.2, 0) is 16.1 Å². The summed E-state index contributed by atoms with van der Waals surface area (Å²) >= 11 is 0. The molecule has 2 N–H and O–H groups in total. The molecule has 120 valence electrons. The Balaban J connectivity index is 1.54. The molecule has 0 aliphatic carbocycles. The van der Waals surface area contributed by atoms with Crippen LogP contribution in [0.25, 0.3) is 0 Å². The summed E-state index contributed by atoms with van der Waals surface area (Å²) in [4.78, 5) is 24.5. The van der Waals surface area contributed by atoms with Crippen molar-refractivity contribution in [2.24, 2.45) is 0 Å². The highest BCUT2D eigenvalue weighted by Gasteiger charge is 2.25. The molecule has 1 unspecified atom stereocenters. The van der Waals surface area contributed by atoms with Gasteiger partial charge in [0.25, 0.3) is 0 Å². The second kappa shape index (κ2) is 8.23. The van der Waals surface area contributed by atoms with Crippen LogP contribution >= 0.6 is 0 Å². The summed E-state index contributed by atoms with van der Waals surface area (Å²) in [6.07, 6.45) is -0.940. The zero-order chi connectivity index (χ0) is 15.8. The number of amides is 2. The zero-order valence-electron chi connectivity index (χ0n) is 12.2. The van der Waals surface area contributed by atoms with Gasteiger partial charge in [0.2, 0.25) is 0 Å². The molecule has 7 heteroatoms. The van der Waals surface area contributed by atoms with Crippen molar-refractivity contribution in [2.45, 2.75) is 19.1 Å². The van der Waals surface area contributed by atoms with Crippen molar-refractivity contribution >= 4 is 12.2 Å². The first-order chi connectivity index (χ1) is 10.6. The molecule has 7 nitrogen and oxygen atoms in total. The monoisotopic (exact) mass is 308 g/mol. The third-order valence-electron chi connectivity index (χ3n) is 3.23. The van der Waals surface area contributed by atoms with E-state index < -0.39 is 18.3 Å². The fourth-order valence-corrected chi connectivity index (χ4v) is 2.06. The molecule has 22 heavy (non-hydrogen) atoms. The van der Waals surface area contributed by atoms with Gasteiger partial charge in [0.05, 0.1) is 12.6 Å². The predicted molar refractivity (Wildman–Crippen MR) is 78.2 cm³/mol. The number of carbonyl (C=O) groups is 2. The Kier molecular flexibility index (Phi) is 6.02. The smallest absolute Gasteiger partial charge is 0.409 e. The molecule has 1 saturated heterocycles. The van der Waals surface area contributed by atoms with Crippen LogP contribution in [0.5, 0.6) is 0 Å². The highest BCUT2D eigenvalue weighted by Crippen LogP contribution is 2.09. The zero-order valence-corrected chi connectivity index (χ0v) is 12.2. The Morgan fingerprint density at radius 2 is 2.05 bits per heavy atom. The highest BCUT2D eigenvalue weighted by molar-refractivity contribution is 5.68. The molecule has 1 atom stereocenters. The third-order valence-corrected chi connectivity index (χ3v) is 3.23. The molecule has 0 aromatic heterocycles. The van der Waals surface area contributed by atoms with E-state index in [-0.39, 0.29) is 19.8 Å². The summed E-state index contributed by atoms with van der Waals surface area (Å²) in [7, 11) is 0. The molecule has 0 spiro atoms. The number of aliphatic hydroxyl groups is 1.